The molecule has 1 aromatic rings. The van der Waals surface area contributed by atoms with Crippen molar-refractivity contribution >= 4 is 0 Å². The van der Waals surface area contributed by atoms with Gasteiger partial charge in [-0.15, -0.1) is 0 Å². The molecule has 1 N–H and O–H groups in total. The number of rotatable bonds is 8. The molecule has 0 aliphatic rings. The van der Waals surface area contributed by atoms with Gasteiger partial charge in [-0.3, -0.25) is 0 Å². The summed E-state index contributed by atoms with van der Waals surface area (Å²) >= 11 is 0. The maximum Gasteiger partial charge on any atom is 0.000836 e. The van der Waals surface area contributed by atoms with Gasteiger partial charge in [-0.05, 0) is 48.3 Å². The second kappa shape index (κ2) is 7.69. The Bertz CT molecular complexity index is 352. The zero-order valence-corrected chi connectivity index (χ0v) is 13.4. The number of nitrogens with one attached hydrogen (secondary N) is 1. The van der Waals surface area contributed by atoms with Crippen molar-refractivity contribution in [1.29, 1.82) is 0 Å². The van der Waals surface area contributed by atoms with Crippen LogP contribution in [0, 0.1) is 11.3 Å². The van der Waals surface area contributed by atoms with Crippen LogP contribution in [-0.2, 0) is 12.8 Å². The maximum absolute atomic E-state index is 3.62. The van der Waals surface area contributed by atoms with E-state index in [0.29, 0.717) is 5.41 Å². The van der Waals surface area contributed by atoms with Gasteiger partial charge < -0.3 is 5.32 Å². The van der Waals surface area contributed by atoms with Gasteiger partial charge >= 0.3 is 0 Å². The van der Waals surface area contributed by atoms with E-state index in [-0.39, 0.29) is 0 Å². The number of hydrogen-bond acceptors (Lipinski definition) is 1. The minimum absolute atomic E-state index is 0.364. The van der Waals surface area contributed by atoms with Gasteiger partial charge in [-0.2, -0.15) is 0 Å². The average molecular weight is 261 g/mol. The Hall–Kier alpha value is -0.820. The first-order valence-electron chi connectivity index (χ1n) is 7.77. The van der Waals surface area contributed by atoms with E-state index in [0.717, 1.165) is 25.4 Å². The van der Waals surface area contributed by atoms with Crippen LogP contribution in [0.25, 0.3) is 0 Å². The minimum Gasteiger partial charge on any atom is -0.316 e. The molecule has 1 aromatic carbocycles. The predicted molar refractivity (Wildman–Crippen MR) is 85.6 cm³/mol. The van der Waals surface area contributed by atoms with E-state index in [1.165, 1.54) is 24.0 Å². The summed E-state index contributed by atoms with van der Waals surface area (Å²) in [7, 11) is 0. The van der Waals surface area contributed by atoms with Crippen LogP contribution < -0.4 is 5.32 Å². The van der Waals surface area contributed by atoms with E-state index in [2.05, 4.69) is 64.2 Å². The zero-order chi connectivity index (χ0) is 14.3. The van der Waals surface area contributed by atoms with Crippen LogP contribution in [0.4, 0.5) is 0 Å². The first-order valence-corrected chi connectivity index (χ1v) is 7.77. The SMILES string of the molecule is CCc1ccc(CC(C)(CC)CNCC(C)C)cc1. The lowest BCUT2D eigenvalue weighted by Crippen LogP contribution is -2.35. The molecule has 0 aliphatic carbocycles. The fraction of sp³-hybridized carbons (Fsp3) is 0.667. The van der Waals surface area contributed by atoms with E-state index in [4.69, 9.17) is 0 Å². The summed E-state index contributed by atoms with van der Waals surface area (Å²) in [5.74, 6) is 0.727. The van der Waals surface area contributed by atoms with Gasteiger partial charge in [-0.25, -0.2) is 0 Å². The Morgan fingerprint density at radius 3 is 2.11 bits per heavy atom. The molecule has 0 amide bonds. The highest BCUT2D eigenvalue weighted by atomic mass is 14.9. The summed E-state index contributed by atoms with van der Waals surface area (Å²) in [6.07, 6.45) is 3.51. The molecule has 0 saturated heterocycles. The van der Waals surface area contributed by atoms with Gasteiger partial charge in [0.05, 0.1) is 0 Å². The molecule has 0 aliphatic heterocycles. The smallest absolute Gasteiger partial charge is 0.000836 e. The highest BCUT2D eigenvalue weighted by Gasteiger charge is 2.22. The Kier molecular flexibility index (Phi) is 6.57. The average Bonchev–Trinajstić information content (AvgIpc) is 2.39. The Labute approximate surface area is 119 Å². The van der Waals surface area contributed by atoms with Crippen molar-refractivity contribution in [3.63, 3.8) is 0 Å². The lowest BCUT2D eigenvalue weighted by Gasteiger charge is -2.29. The van der Waals surface area contributed by atoms with Crippen molar-refractivity contribution in [2.24, 2.45) is 11.3 Å². The highest BCUT2D eigenvalue weighted by molar-refractivity contribution is 5.23. The number of benzene rings is 1. The van der Waals surface area contributed by atoms with Crippen molar-refractivity contribution in [2.75, 3.05) is 13.1 Å². The second-order valence-corrected chi connectivity index (χ2v) is 6.54. The van der Waals surface area contributed by atoms with E-state index >= 15 is 0 Å². The molecule has 0 saturated carbocycles. The zero-order valence-electron chi connectivity index (χ0n) is 13.4. The first-order chi connectivity index (χ1) is 8.99. The predicted octanol–water partition coefficient (Wildman–Crippen LogP) is 4.45. The van der Waals surface area contributed by atoms with E-state index in [1.807, 2.05) is 0 Å². The number of hydrogen-bond donors (Lipinski definition) is 1. The molecule has 0 heterocycles. The lowest BCUT2D eigenvalue weighted by molar-refractivity contribution is 0.285. The van der Waals surface area contributed by atoms with Crippen LogP contribution in [0.3, 0.4) is 0 Å². The molecule has 1 nitrogen and oxygen atoms in total. The summed E-state index contributed by atoms with van der Waals surface area (Å²) in [4.78, 5) is 0. The summed E-state index contributed by atoms with van der Waals surface area (Å²) in [6.45, 7) is 13.7. The molecule has 108 valence electrons. The number of aryl methyl sites for hydroxylation is 1. The van der Waals surface area contributed by atoms with Crippen LogP contribution in [0.15, 0.2) is 24.3 Å². The molecule has 19 heavy (non-hydrogen) atoms. The van der Waals surface area contributed by atoms with E-state index in [1.54, 1.807) is 0 Å². The molecular formula is C18H31N. The van der Waals surface area contributed by atoms with Crippen LogP contribution in [0.1, 0.15) is 52.2 Å². The minimum atomic E-state index is 0.364. The molecule has 0 aromatic heterocycles. The Morgan fingerprint density at radius 1 is 1.05 bits per heavy atom. The summed E-state index contributed by atoms with van der Waals surface area (Å²) in [6, 6.07) is 9.14. The molecule has 0 bridgehead atoms. The molecule has 0 radical (unpaired) electrons. The fourth-order valence-electron chi connectivity index (χ4n) is 2.36. The van der Waals surface area contributed by atoms with Gasteiger partial charge in [0.2, 0.25) is 0 Å². The molecular weight excluding hydrogens is 230 g/mol. The monoisotopic (exact) mass is 261 g/mol. The summed E-state index contributed by atoms with van der Waals surface area (Å²) in [5, 5.41) is 3.62. The van der Waals surface area contributed by atoms with Gasteiger partial charge in [0.1, 0.15) is 0 Å². The van der Waals surface area contributed by atoms with Crippen molar-refractivity contribution in [3.05, 3.63) is 35.4 Å². The summed E-state index contributed by atoms with van der Waals surface area (Å²) in [5.41, 5.74) is 3.26. The van der Waals surface area contributed by atoms with E-state index in [9.17, 15) is 0 Å². The van der Waals surface area contributed by atoms with Crippen molar-refractivity contribution in [2.45, 2.75) is 53.9 Å². The second-order valence-electron chi connectivity index (χ2n) is 6.54. The molecule has 1 rings (SSSR count). The lowest BCUT2D eigenvalue weighted by atomic mass is 9.81. The van der Waals surface area contributed by atoms with Crippen molar-refractivity contribution < 1.29 is 0 Å². The van der Waals surface area contributed by atoms with Crippen molar-refractivity contribution in [3.8, 4) is 0 Å². The molecule has 0 fully saturated rings. The quantitative estimate of drug-likeness (QED) is 0.729. The Balaban J connectivity index is 2.57. The normalized spacial score (nSPS) is 14.6. The molecule has 1 heteroatoms. The van der Waals surface area contributed by atoms with Crippen LogP contribution in [0.5, 0.6) is 0 Å². The fourth-order valence-corrected chi connectivity index (χ4v) is 2.36. The highest BCUT2D eigenvalue weighted by Crippen LogP contribution is 2.26. The van der Waals surface area contributed by atoms with Gasteiger partial charge in [-0.1, -0.05) is 58.9 Å². The van der Waals surface area contributed by atoms with E-state index < -0.39 is 0 Å². The first kappa shape index (κ1) is 16.2. The maximum atomic E-state index is 3.62. The van der Waals surface area contributed by atoms with Gasteiger partial charge in [0.25, 0.3) is 0 Å². The third kappa shape index (κ3) is 5.78. The molecule has 1 atom stereocenters. The third-order valence-electron chi connectivity index (χ3n) is 4.02. The Morgan fingerprint density at radius 2 is 1.63 bits per heavy atom. The summed E-state index contributed by atoms with van der Waals surface area (Å²) < 4.78 is 0. The topological polar surface area (TPSA) is 12.0 Å². The standard InChI is InChI=1S/C18H31N/c1-6-16-8-10-17(11-9-16)12-18(5,7-2)14-19-13-15(3)4/h8-11,15,19H,6-7,12-14H2,1-5H3. The molecule has 1 unspecified atom stereocenters. The van der Waals surface area contributed by atoms with Crippen molar-refractivity contribution in [1.82, 2.24) is 5.32 Å². The molecule has 0 spiro atoms. The largest absolute Gasteiger partial charge is 0.316 e. The van der Waals surface area contributed by atoms with Gasteiger partial charge in [0, 0.05) is 6.54 Å². The van der Waals surface area contributed by atoms with Crippen LogP contribution in [-0.4, -0.2) is 13.1 Å². The van der Waals surface area contributed by atoms with Crippen LogP contribution in [0.2, 0.25) is 0 Å². The van der Waals surface area contributed by atoms with Crippen LogP contribution >= 0.6 is 0 Å². The third-order valence-corrected chi connectivity index (χ3v) is 4.02. The van der Waals surface area contributed by atoms with Gasteiger partial charge in [0.15, 0.2) is 0 Å².